The third-order valence-electron chi connectivity index (χ3n) is 2.96. The lowest BCUT2D eigenvalue weighted by Crippen LogP contribution is -2.15. The summed E-state index contributed by atoms with van der Waals surface area (Å²) in [5.74, 6) is 1.39. The highest BCUT2D eigenvalue weighted by Gasteiger charge is 2.05. The number of nitrogens with zero attached hydrogens (tertiary/aromatic N) is 2. The summed E-state index contributed by atoms with van der Waals surface area (Å²) in [5, 5.41) is 3.31. The van der Waals surface area contributed by atoms with Crippen LogP contribution in [0.25, 0.3) is 0 Å². The second-order valence-electron chi connectivity index (χ2n) is 4.59. The van der Waals surface area contributed by atoms with Crippen molar-refractivity contribution in [1.82, 2.24) is 15.3 Å². The zero-order valence-electron chi connectivity index (χ0n) is 12.1. The molecule has 0 saturated carbocycles. The molecular formula is C16H21N3O. The Kier molecular flexibility index (Phi) is 5.50. The van der Waals surface area contributed by atoms with E-state index in [1.807, 2.05) is 18.2 Å². The number of hydrogen-bond acceptors (Lipinski definition) is 4. The molecule has 0 spiro atoms. The fraction of sp³-hybridized carbons (Fsp3) is 0.375. The van der Waals surface area contributed by atoms with Crippen LogP contribution in [-0.4, -0.2) is 16.5 Å². The fourth-order valence-electron chi connectivity index (χ4n) is 1.92. The molecule has 1 aromatic heterocycles. The van der Waals surface area contributed by atoms with Crippen LogP contribution in [0.3, 0.4) is 0 Å². The van der Waals surface area contributed by atoms with Crippen LogP contribution in [0, 0.1) is 0 Å². The Bertz CT molecular complexity index is 543. The Hall–Kier alpha value is -1.94. The Morgan fingerprint density at radius 1 is 1.15 bits per heavy atom. The van der Waals surface area contributed by atoms with Gasteiger partial charge in [0.1, 0.15) is 5.75 Å². The molecule has 106 valence electrons. The molecule has 0 amide bonds. The monoisotopic (exact) mass is 271 g/mol. The highest BCUT2D eigenvalue weighted by molar-refractivity contribution is 5.35. The molecule has 0 bridgehead atoms. The van der Waals surface area contributed by atoms with Crippen molar-refractivity contribution in [3.05, 3.63) is 47.9 Å². The lowest BCUT2D eigenvalue weighted by molar-refractivity contribution is 0.451. The first-order chi connectivity index (χ1) is 9.83. The average molecular weight is 271 g/mol. The van der Waals surface area contributed by atoms with Crippen LogP contribution in [-0.2, 0) is 13.0 Å². The van der Waals surface area contributed by atoms with E-state index >= 15 is 0 Å². The molecule has 0 unspecified atom stereocenters. The van der Waals surface area contributed by atoms with Crippen molar-refractivity contribution >= 4 is 0 Å². The van der Waals surface area contributed by atoms with Crippen molar-refractivity contribution in [3.8, 4) is 11.6 Å². The first-order valence-corrected chi connectivity index (χ1v) is 7.10. The summed E-state index contributed by atoms with van der Waals surface area (Å²) >= 11 is 0. The van der Waals surface area contributed by atoms with Gasteiger partial charge in [0.15, 0.2) is 0 Å². The third-order valence-corrected chi connectivity index (χ3v) is 2.96. The normalized spacial score (nSPS) is 10.5. The number of aromatic nitrogens is 2. The minimum absolute atomic E-state index is 0.543. The molecule has 20 heavy (non-hydrogen) atoms. The lowest BCUT2D eigenvalue weighted by Gasteiger charge is -2.09. The molecule has 0 atom stereocenters. The minimum Gasteiger partial charge on any atom is -0.437 e. The Balaban J connectivity index is 2.07. The second kappa shape index (κ2) is 7.60. The second-order valence-corrected chi connectivity index (χ2v) is 4.59. The summed E-state index contributed by atoms with van der Waals surface area (Å²) < 4.78 is 5.85. The summed E-state index contributed by atoms with van der Waals surface area (Å²) in [6.45, 7) is 5.94. The summed E-state index contributed by atoms with van der Waals surface area (Å²) in [6.07, 6.45) is 5.45. The van der Waals surface area contributed by atoms with Crippen molar-refractivity contribution < 1.29 is 4.74 Å². The number of benzene rings is 1. The zero-order chi connectivity index (χ0) is 14.2. The average Bonchev–Trinajstić information content (AvgIpc) is 2.48. The van der Waals surface area contributed by atoms with E-state index < -0.39 is 0 Å². The van der Waals surface area contributed by atoms with Crippen molar-refractivity contribution in [2.24, 2.45) is 0 Å². The van der Waals surface area contributed by atoms with Gasteiger partial charge in [0, 0.05) is 12.7 Å². The van der Waals surface area contributed by atoms with Gasteiger partial charge < -0.3 is 10.1 Å². The van der Waals surface area contributed by atoms with Gasteiger partial charge in [-0.1, -0.05) is 32.0 Å². The van der Waals surface area contributed by atoms with Crippen LogP contribution in [0.15, 0.2) is 36.7 Å². The van der Waals surface area contributed by atoms with E-state index in [0.717, 1.165) is 30.8 Å². The molecule has 0 aliphatic rings. The van der Waals surface area contributed by atoms with Crippen molar-refractivity contribution in [3.63, 3.8) is 0 Å². The maximum absolute atomic E-state index is 5.85. The van der Waals surface area contributed by atoms with Gasteiger partial charge in [0.2, 0.25) is 5.88 Å². The van der Waals surface area contributed by atoms with Crippen molar-refractivity contribution in [1.29, 1.82) is 0 Å². The molecule has 4 nitrogen and oxygen atoms in total. The lowest BCUT2D eigenvalue weighted by atomic mass is 10.1. The predicted molar refractivity (Wildman–Crippen MR) is 79.9 cm³/mol. The van der Waals surface area contributed by atoms with E-state index in [0.29, 0.717) is 12.4 Å². The van der Waals surface area contributed by atoms with E-state index in [-0.39, 0.29) is 0 Å². The maximum atomic E-state index is 5.85. The summed E-state index contributed by atoms with van der Waals surface area (Å²) in [5.41, 5.74) is 2.06. The molecule has 1 heterocycles. The van der Waals surface area contributed by atoms with Gasteiger partial charge in [-0.15, -0.1) is 0 Å². The number of ether oxygens (including phenoxy) is 1. The number of aryl methyl sites for hydroxylation is 1. The Labute approximate surface area is 120 Å². The number of rotatable bonds is 7. The van der Waals surface area contributed by atoms with Crippen LogP contribution in [0.5, 0.6) is 11.6 Å². The van der Waals surface area contributed by atoms with Crippen molar-refractivity contribution in [2.75, 3.05) is 6.54 Å². The highest BCUT2D eigenvalue weighted by atomic mass is 16.5. The van der Waals surface area contributed by atoms with E-state index in [1.54, 1.807) is 12.4 Å². The van der Waals surface area contributed by atoms with Crippen LogP contribution < -0.4 is 10.1 Å². The molecule has 0 saturated heterocycles. The van der Waals surface area contributed by atoms with Gasteiger partial charge in [-0.2, -0.15) is 0 Å². The van der Waals surface area contributed by atoms with Crippen LogP contribution in [0.2, 0.25) is 0 Å². The van der Waals surface area contributed by atoms with E-state index in [9.17, 15) is 0 Å². The highest BCUT2D eigenvalue weighted by Crippen LogP contribution is 2.23. The van der Waals surface area contributed by atoms with Crippen LogP contribution in [0.4, 0.5) is 0 Å². The summed E-state index contributed by atoms with van der Waals surface area (Å²) in [4.78, 5) is 8.66. The molecule has 1 aromatic carbocycles. The van der Waals surface area contributed by atoms with Gasteiger partial charge in [0.25, 0.3) is 0 Å². The molecule has 4 heteroatoms. The standard InChI is InChI=1S/C16H21N3O/c1-3-9-17-10-14-11-18-12-16(19-14)20-15-8-6-5-7-13(15)4-2/h5-8,11-12,17H,3-4,9-10H2,1-2H3. The Morgan fingerprint density at radius 3 is 2.80 bits per heavy atom. The minimum atomic E-state index is 0.543. The third kappa shape index (κ3) is 4.03. The van der Waals surface area contributed by atoms with E-state index in [2.05, 4.69) is 35.2 Å². The molecule has 0 radical (unpaired) electrons. The molecular weight excluding hydrogens is 250 g/mol. The number of nitrogens with one attached hydrogen (secondary N) is 1. The first-order valence-electron chi connectivity index (χ1n) is 7.10. The molecule has 0 aliphatic carbocycles. The van der Waals surface area contributed by atoms with E-state index in [4.69, 9.17) is 4.74 Å². The van der Waals surface area contributed by atoms with Gasteiger partial charge >= 0.3 is 0 Å². The summed E-state index contributed by atoms with van der Waals surface area (Å²) in [7, 11) is 0. The largest absolute Gasteiger partial charge is 0.437 e. The smallest absolute Gasteiger partial charge is 0.238 e. The SMILES string of the molecule is CCCNCc1cncc(Oc2ccccc2CC)n1. The molecule has 1 N–H and O–H groups in total. The first kappa shape index (κ1) is 14.5. The van der Waals surface area contributed by atoms with Gasteiger partial charge in [-0.3, -0.25) is 4.98 Å². The van der Waals surface area contributed by atoms with Crippen molar-refractivity contribution in [2.45, 2.75) is 33.2 Å². The Morgan fingerprint density at radius 2 is 2.00 bits per heavy atom. The topological polar surface area (TPSA) is 47.0 Å². The van der Waals surface area contributed by atoms with Gasteiger partial charge in [-0.25, -0.2) is 4.98 Å². The molecule has 2 rings (SSSR count). The molecule has 0 aliphatic heterocycles. The van der Waals surface area contributed by atoms with Crippen LogP contribution >= 0.6 is 0 Å². The number of para-hydroxylation sites is 1. The van der Waals surface area contributed by atoms with Gasteiger partial charge in [0.05, 0.1) is 11.9 Å². The molecule has 2 aromatic rings. The number of hydrogen-bond donors (Lipinski definition) is 1. The predicted octanol–water partition coefficient (Wildman–Crippen LogP) is 3.33. The quantitative estimate of drug-likeness (QED) is 0.785. The molecule has 0 fully saturated rings. The zero-order valence-corrected chi connectivity index (χ0v) is 12.1. The van der Waals surface area contributed by atoms with E-state index in [1.165, 1.54) is 5.56 Å². The summed E-state index contributed by atoms with van der Waals surface area (Å²) in [6, 6.07) is 8.01. The van der Waals surface area contributed by atoms with Crippen LogP contribution in [0.1, 0.15) is 31.5 Å². The van der Waals surface area contributed by atoms with Gasteiger partial charge in [-0.05, 0) is 31.0 Å². The fourth-order valence-corrected chi connectivity index (χ4v) is 1.92. The maximum Gasteiger partial charge on any atom is 0.238 e.